The number of fused-ring (bicyclic) bond motifs is 1. The van der Waals surface area contributed by atoms with E-state index in [1.807, 2.05) is 61.5 Å². The van der Waals surface area contributed by atoms with E-state index in [4.69, 9.17) is 4.74 Å². The Labute approximate surface area is 144 Å². The fraction of sp³-hybridized carbons (Fsp3) is 0.105. The topological polar surface area (TPSA) is 75.7 Å². The third kappa shape index (κ3) is 3.28. The Morgan fingerprint density at radius 3 is 2.56 bits per heavy atom. The van der Waals surface area contributed by atoms with Gasteiger partial charge in [0, 0.05) is 5.69 Å². The number of ether oxygens (including phenoxy) is 1. The Kier molecular flexibility index (Phi) is 4.00. The summed E-state index contributed by atoms with van der Waals surface area (Å²) in [6.45, 7) is 2.48. The standard InChI is InChI=1S/C19H17N5O/c1-13-17-18(24-23-13)19(21-12-20-17)22-15-7-9-16(10-8-15)25-11-14-5-3-2-4-6-14/h2-10,12H,11H2,1H3,(H,23,24)(H,20,21,22). The number of nitrogens with one attached hydrogen (secondary N) is 2. The van der Waals surface area contributed by atoms with Gasteiger partial charge >= 0.3 is 0 Å². The van der Waals surface area contributed by atoms with E-state index >= 15 is 0 Å². The van der Waals surface area contributed by atoms with Crippen molar-refractivity contribution in [1.29, 1.82) is 0 Å². The highest BCUT2D eigenvalue weighted by Crippen LogP contribution is 2.24. The number of hydrogen-bond donors (Lipinski definition) is 2. The van der Waals surface area contributed by atoms with Crippen molar-refractivity contribution >= 4 is 22.5 Å². The van der Waals surface area contributed by atoms with Crippen molar-refractivity contribution in [3.8, 4) is 5.75 Å². The van der Waals surface area contributed by atoms with Crippen LogP contribution in [0.15, 0.2) is 60.9 Å². The first-order valence-electron chi connectivity index (χ1n) is 7.99. The first-order chi connectivity index (χ1) is 12.3. The maximum Gasteiger partial charge on any atom is 0.162 e. The summed E-state index contributed by atoms with van der Waals surface area (Å²) in [5.41, 5.74) is 4.52. The molecule has 2 aromatic heterocycles. The van der Waals surface area contributed by atoms with E-state index < -0.39 is 0 Å². The summed E-state index contributed by atoms with van der Waals surface area (Å²) >= 11 is 0. The third-order valence-corrected chi connectivity index (χ3v) is 3.88. The minimum absolute atomic E-state index is 0.548. The molecule has 124 valence electrons. The van der Waals surface area contributed by atoms with Crippen LogP contribution in [-0.4, -0.2) is 20.2 Å². The van der Waals surface area contributed by atoms with E-state index in [9.17, 15) is 0 Å². The fourth-order valence-electron chi connectivity index (χ4n) is 2.56. The number of anilines is 2. The number of aromatic nitrogens is 4. The Balaban J connectivity index is 1.46. The average molecular weight is 331 g/mol. The van der Waals surface area contributed by atoms with Gasteiger partial charge in [0.2, 0.25) is 0 Å². The average Bonchev–Trinajstić information content (AvgIpc) is 3.04. The first-order valence-corrected chi connectivity index (χ1v) is 7.99. The molecular formula is C19H17N5O. The van der Waals surface area contributed by atoms with E-state index in [0.717, 1.165) is 33.7 Å². The molecule has 0 aliphatic heterocycles. The van der Waals surface area contributed by atoms with Crippen LogP contribution >= 0.6 is 0 Å². The zero-order chi connectivity index (χ0) is 17.1. The third-order valence-electron chi connectivity index (χ3n) is 3.88. The largest absolute Gasteiger partial charge is 0.489 e. The summed E-state index contributed by atoms with van der Waals surface area (Å²) in [5, 5.41) is 10.5. The summed E-state index contributed by atoms with van der Waals surface area (Å²) < 4.78 is 5.80. The highest BCUT2D eigenvalue weighted by atomic mass is 16.5. The Morgan fingerprint density at radius 2 is 1.76 bits per heavy atom. The van der Waals surface area contributed by atoms with Gasteiger partial charge in [-0.15, -0.1) is 0 Å². The molecule has 25 heavy (non-hydrogen) atoms. The predicted molar refractivity (Wildman–Crippen MR) is 96.9 cm³/mol. The van der Waals surface area contributed by atoms with Crippen LogP contribution in [0.25, 0.3) is 11.0 Å². The molecule has 0 bridgehead atoms. The van der Waals surface area contributed by atoms with Gasteiger partial charge in [-0.2, -0.15) is 5.10 Å². The van der Waals surface area contributed by atoms with Gasteiger partial charge in [0.15, 0.2) is 11.3 Å². The number of H-pyrrole nitrogens is 1. The van der Waals surface area contributed by atoms with Crippen molar-refractivity contribution in [3.63, 3.8) is 0 Å². The first kappa shape index (κ1) is 15.1. The molecule has 0 aliphatic rings. The molecule has 0 spiro atoms. The molecule has 4 aromatic rings. The summed E-state index contributed by atoms with van der Waals surface area (Å²) in [6, 6.07) is 17.9. The molecule has 0 saturated carbocycles. The molecule has 0 saturated heterocycles. The minimum Gasteiger partial charge on any atom is -0.489 e. The molecule has 2 heterocycles. The zero-order valence-corrected chi connectivity index (χ0v) is 13.7. The van der Waals surface area contributed by atoms with Gasteiger partial charge < -0.3 is 10.1 Å². The van der Waals surface area contributed by atoms with Gasteiger partial charge in [0.25, 0.3) is 0 Å². The lowest BCUT2D eigenvalue weighted by Crippen LogP contribution is -1.97. The zero-order valence-electron chi connectivity index (χ0n) is 13.7. The molecule has 2 N–H and O–H groups in total. The van der Waals surface area contributed by atoms with Crippen LogP contribution in [-0.2, 0) is 6.61 Å². The SMILES string of the molecule is Cc1[nH]nc2c(Nc3ccc(OCc4ccccc4)cc3)ncnc12. The second-order valence-electron chi connectivity index (χ2n) is 5.69. The normalized spacial score (nSPS) is 10.8. The van der Waals surface area contributed by atoms with Crippen molar-refractivity contribution in [1.82, 2.24) is 20.2 Å². The van der Waals surface area contributed by atoms with Gasteiger partial charge in [-0.25, -0.2) is 9.97 Å². The summed E-state index contributed by atoms with van der Waals surface area (Å²) in [4.78, 5) is 8.52. The maximum atomic E-state index is 5.80. The van der Waals surface area contributed by atoms with E-state index in [1.54, 1.807) is 0 Å². The quantitative estimate of drug-likeness (QED) is 0.578. The second kappa shape index (κ2) is 6.60. The van der Waals surface area contributed by atoms with Crippen molar-refractivity contribution in [2.24, 2.45) is 0 Å². The van der Waals surface area contributed by atoms with Crippen molar-refractivity contribution in [2.45, 2.75) is 13.5 Å². The monoisotopic (exact) mass is 331 g/mol. The lowest BCUT2D eigenvalue weighted by atomic mass is 10.2. The van der Waals surface area contributed by atoms with Crippen molar-refractivity contribution in [3.05, 3.63) is 72.2 Å². The molecule has 0 amide bonds. The molecule has 6 nitrogen and oxygen atoms in total. The van der Waals surface area contributed by atoms with E-state index in [-0.39, 0.29) is 0 Å². The van der Waals surface area contributed by atoms with Crippen LogP contribution in [0.3, 0.4) is 0 Å². The molecule has 2 aromatic carbocycles. The highest BCUT2D eigenvalue weighted by Gasteiger charge is 2.09. The molecule has 0 radical (unpaired) electrons. The van der Waals surface area contributed by atoms with Gasteiger partial charge in [0.05, 0.1) is 5.69 Å². The van der Waals surface area contributed by atoms with Crippen LogP contribution in [0.1, 0.15) is 11.3 Å². The fourth-order valence-corrected chi connectivity index (χ4v) is 2.56. The number of rotatable bonds is 5. The predicted octanol–water partition coefficient (Wildman–Crippen LogP) is 3.98. The van der Waals surface area contributed by atoms with E-state index in [2.05, 4.69) is 25.5 Å². The molecular weight excluding hydrogens is 314 g/mol. The molecule has 4 rings (SSSR count). The number of aromatic amines is 1. The Hall–Kier alpha value is -3.41. The lowest BCUT2D eigenvalue weighted by molar-refractivity contribution is 0.306. The van der Waals surface area contributed by atoms with Crippen LogP contribution in [0.5, 0.6) is 5.75 Å². The van der Waals surface area contributed by atoms with E-state index in [1.165, 1.54) is 6.33 Å². The van der Waals surface area contributed by atoms with Gasteiger partial charge in [-0.3, -0.25) is 5.10 Å². The minimum atomic E-state index is 0.548. The summed E-state index contributed by atoms with van der Waals surface area (Å²) in [5.74, 6) is 1.49. The van der Waals surface area contributed by atoms with Crippen molar-refractivity contribution < 1.29 is 4.74 Å². The van der Waals surface area contributed by atoms with E-state index in [0.29, 0.717) is 12.4 Å². The molecule has 0 aliphatic carbocycles. The number of nitrogens with zero attached hydrogens (tertiary/aromatic N) is 3. The van der Waals surface area contributed by atoms with Gasteiger partial charge in [-0.1, -0.05) is 30.3 Å². The Bertz CT molecular complexity index is 980. The molecule has 6 heteroatoms. The number of aryl methyl sites for hydroxylation is 1. The summed E-state index contributed by atoms with van der Waals surface area (Å²) in [7, 11) is 0. The number of hydrogen-bond acceptors (Lipinski definition) is 5. The lowest BCUT2D eigenvalue weighted by Gasteiger charge is -2.09. The Morgan fingerprint density at radius 1 is 0.960 bits per heavy atom. The maximum absolute atomic E-state index is 5.80. The van der Waals surface area contributed by atoms with Crippen LogP contribution in [0, 0.1) is 6.92 Å². The second-order valence-corrected chi connectivity index (χ2v) is 5.69. The molecule has 0 atom stereocenters. The van der Waals surface area contributed by atoms with Crippen LogP contribution in [0.4, 0.5) is 11.5 Å². The van der Waals surface area contributed by atoms with Crippen LogP contribution in [0.2, 0.25) is 0 Å². The van der Waals surface area contributed by atoms with Gasteiger partial charge in [0.1, 0.15) is 24.2 Å². The summed E-state index contributed by atoms with van der Waals surface area (Å²) in [6.07, 6.45) is 1.53. The number of benzene rings is 2. The molecule has 0 unspecified atom stereocenters. The highest BCUT2D eigenvalue weighted by molar-refractivity contribution is 5.88. The smallest absolute Gasteiger partial charge is 0.162 e. The van der Waals surface area contributed by atoms with Crippen molar-refractivity contribution in [2.75, 3.05) is 5.32 Å². The molecule has 0 fully saturated rings. The van der Waals surface area contributed by atoms with Gasteiger partial charge in [-0.05, 0) is 36.8 Å². The van der Waals surface area contributed by atoms with Crippen LogP contribution < -0.4 is 10.1 Å².